The number of para-hydroxylation sites is 1. The second-order valence-electron chi connectivity index (χ2n) is 6.97. The fourth-order valence-electron chi connectivity index (χ4n) is 3.33. The molecule has 2 aromatic rings. The van der Waals surface area contributed by atoms with Gasteiger partial charge in [0.15, 0.2) is 0 Å². The van der Waals surface area contributed by atoms with Crippen LogP contribution in [-0.4, -0.2) is 24.0 Å². The summed E-state index contributed by atoms with van der Waals surface area (Å²) in [6.45, 7) is 4.82. The molecule has 154 valence electrons. The van der Waals surface area contributed by atoms with Crippen LogP contribution in [0.5, 0.6) is 11.6 Å². The third-order valence-corrected chi connectivity index (χ3v) is 4.95. The Hall–Kier alpha value is -1.82. The van der Waals surface area contributed by atoms with Crippen LogP contribution in [0.4, 0.5) is 0 Å². The Morgan fingerprint density at radius 2 is 1.89 bits per heavy atom. The van der Waals surface area contributed by atoms with Crippen molar-refractivity contribution in [1.82, 2.24) is 15.6 Å². The van der Waals surface area contributed by atoms with E-state index < -0.39 is 0 Å². The van der Waals surface area contributed by atoms with Gasteiger partial charge >= 0.3 is 0 Å². The van der Waals surface area contributed by atoms with Crippen LogP contribution >= 0.6 is 24.8 Å². The molecule has 2 heterocycles. The molecule has 0 spiro atoms. The molecule has 1 aliphatic heterocycles. The highest BCUT2D eigenvalue weighted by Gasteiger charge is 2.21. The Balaban J connectivity index is 0.00000196. The van der Waals surface area contributed by atoms with Crippen LogP contribution < -0.4 is 15.4 Å². The number of hydrogen-bond donors (Lipinski definition) is 2. The number of nitrogens with one attached hydrogen (secondary N) is 2. The van der Waals surface area contributed by atoms with Crippen LogP contribution in [0.25, 0.3) is 0 Å². The van der Waals surface area contributed by atoms with Crippen molar-refractivity contribution < 1.29 is 9.53 Å². The average molecular weight is 426 g/mol. The second-order valence-corrected chi connectivity index (χ2v) is 6.97. The van der Waals surface area contributed by atoms with E-state index in [1.54, 1.807) is 6.20 Å². The molecule has 1 amide bonds. The minimum absolute atomic E-state index is 0. The van der Waals surface area contributed by atoms with E-state index in [1.807, 2.05) is 42.5 Å². The molecule has 28 heavy (non-hydrogen) atoms. The van der Waals surface area contributed by atoms with Crippen LogP contribution in [-0.2, 0) is 11.3 Å². The van der Waals surface area contributed by atoms with Gasteiger partial charge in [-0.25, -0.2) is 4.98 Å². The Kier molecular flexibility index (Phi) is 10.9. The van der Waals surface area contributed by atoms with Crippen LogP contribution in [0.15, 0.2) is 48.7 Å². The molecule has 1 unspecified atom stereocenters. The van der Waals surface area contributed by atoms with Crippen molar-refractivity contribution in [3.05, 3.63) is 54.2 Å². The topological polar surface area (TPSA) is 63.2 Å². The molecule has 0 radical (unpaired) electrons. The maximum Gasteiger partial charge on any atom is 0.220 e. The van der Waals surface area contributed by atoms with E-state index in [2.05, 4.69) is 22.5 Å². The summed E-state index contributed by atoms with van der Waals surface area (Å²) in [5, 5.41) is 6.37. The van der Waals surface area contributed by atoms with Gasteiger partial charge in [-0.1, -0.05) is 31.2 Å². The quantitative estimate of drug-likeness (QED) is 0.691. The fourth-order valence-corrected chi connectivity index (χ4v) is 3.33. The van der Waals surface area contributed by atoms with Gasteiger partial charge in [-0.15, -0.1) is 24.8 Å². The van der Waals surface area contributed by atoms with Gasteiger partial charge in [0, 0.05) is 25.2 Å². The van der Waals surface area contributed by atoms with Crippen molar-refractivity contribution in [2.45, 2.75) is 32.7 Å². The van der Waals surface area contributed by atoms with Gasteiger partial charge in [-0.05, 0) is 55.5 Å². The molecule has 0 aliphatic carbocycles. The predicted molar refractivity (Wildman–Crippen MR) is 116 cm³/mol. The number of pyridine rings is 1. The first-order valence-electron chi connectivity index (χ1n) is 9.36. The first kappa shape index (κ1) is 24.2. The van der Waals surface area contributed by atoms with Crippen molar-refractivity contribution in [2.75, 3.05) is 13.1 Å². The molecular weight excluding hydrogens is 397 g/mol. The molecule has 1 fully saturated rings. The molecule has 5 nitrogen and oxygen atoms in total. The van der Waals surface area contributed by atoms with Gasteiger partial charge in [0.05, 0.1) is 0 Å². The number of amides is 1. The highest BCUT2D eigenvalue weighted by molar-refractivity contribution is 5.85. The smallest absolute Gasteiger partial charge is 0.220 e. The summed E-state index contributed by atoms with van der Waals surface area (Å²) in [5.41, 5.74) is 0.966. The number of hydrogen-bond acceptors (Lipinski definition) is 4. The summed E-state index contributed by atoms with van der Waals surface area (Å²) in [4.78, 5) is 16.5. The molecule has 2 N–H and O–H groups in total. The largest absolute Gasteiger partial charge is 0.439 e. The summed E-state index contributed by atoms with van der Waals surface area (Å²) < 4.78 is 5.68. The second kappa shape index (κ2) is 12.6. The summed E-state index contributed by atoms with van der Waals surface area (Å²) in [6, 6.07) is 13.3. The highest BCUT2D eigenvalue weighted by Crippen LogP contribution is 2.24. The molecule has 0 saturated carbocycles. The van der Waals surface area contributed by atoms with Gasteiger partial charge < -0.3 is 15.4 Å². The number of nitrogens with zero attached hydrogens (tertiary/aromatic N) is 1. The maximum atomic E-state index is 12.2. The fraction of sp³-hybridized carbons (Fsp3) is 0.429. The van der Waals surface area contributed by atoms with Crippen molar-refractivity contribution >= 4 is 30.7 Å². The standard InChI is InChI=1S/C21H27N3O2.2ClH/c1-16(18-9-11-22-12-10-18)13-20(25)23-14-17-7-8-21(24-15-17)26-19-5-3-2-4-6-19;;/h2-8,15-16,18,22H,9-14H2,1H3,(H,23,25);2*1H. The minimum Gasteiger partial charge on any atom is -0.439 e. The van der Waals surface area contributed by atoms with Crippen LogP contribution in [0.1, 0.15) is 31.7 Å². The first-order valence-corrected chi connectivity index (χ1v) is 9.36. The summed E-state index contributed by atoms with van der Waals surface area (Å²) >= 11 is 0. The molecule has 3 rings (SSSR count). The normalized spacial score (nSPS) is 14.9. The van der Waals surface area contributed by atoms with Crippen molar-refractivity contribution in [3.8, 4) is 11.6 Å². The number of halogens is 2. The Bertz CT molecular complexity index is 693. The lowest BCUT2D eigenvalue weighted by atomic mass is 9.84. The zero-order chi connectivity index (χ0) is 18.2. The number of aromatic nitrogens is 1. The van der Waals surface area contributed by atoms with Gasteiger partial charge in [0.25, 0.3) is 0 Å². The molecule has 1 aromatic carbocycles. The van der Waals surface area contributed by atoms with Crippen LogP contribution in [0.3, 0.4) is 0 Å². The van der Waals surface area contributed by atoms with Crippen molar-refractivity contribution in [2.24, 2.45) is 11.8 Å². The first-order chi connectivity index (χ1) is 12.7. The SMILES string of the molecule is CC(CC(=O)NCc1ccc(Oc2ccccc2)nc1)C1CCNCC1.Cl.Cl. The van der Waals surface area contributed by atoms with Gasteiger partial charge in [-0.2, -0.15) is 0 Å². The lowest BCUT2D eigenvalue weighted by molar-refractivity contribution is -0.122. The molecule has 0 bridgehead atoms. The summed E-state index contributed by atoms with van der Waals surface area (Å²) in [7, 11) is 0. The number of carbonyl (C=O) groups is 1. The molecular formula is C21H29Cl2N3O2. The number of ether oxygens (including phenoxy) is 1. The van der Waals surface area contributed by atoms with E-state index in [0.717, 1.165) is 24.4 Å². The van der Waals surface area contributed by atoms with Gasteiger partial charge in [0.2, 0.25) is 11.8 Å². The molecule has 1 saturated heterocycles. The van der Waals surface area contributed by atoms with Gasteiger partial charge in [-0.3, -0.25) is 4.79 Å². The predicted octanol–water partition coefficient (Wildman–Crippen LogP) is 4.36. The monoisotopic (exact) mass is 425 g/mol. The maximum absolute atomic E-state index is 12.2. The number of benzene rings is 1. The Morgan fingerprint density at radius 3 is 2.54 bits per heavy atom. The van der Waals surface area contributed by atoms with E-state index in [0.29, 0.717) is 30.7 Å². The highest BCUT2D eigenvalue weighted by atomic mass is 35.5. The van der Waals surface area contributed by atoms with Crippen molar-refractivity contribution in [3.63, 3.8) is 0 Å². The number of rotatable bonds is 7. The molecule has 7 heteroatoms. The minimum atomic E-state index is 0. The van der Waals surface area contributed by atoms with E-state index in [-0.39, 0.29) is 30.7 Å². The van der Waals surface area contributed by atoms with Gasteiger partial charge in [0.1, 0.15) is 5.75 Å². The Labute approximate surface area is 179 Å². The van der Waals surface area contributed by atoms with E-state index >= 15 is 0 Å². The van der Waals surface area contributed by atoms with E-state index in [1.165, 1.54) is 12.8 Å². The number of piperidine rings is 1. The lowest BCUT2D eigenvalue weighted by Gasteiger charge is -2.27. The Morgan fingerprint density at radius 1 is 1.18 bits per heavy atom. The van der Waals surface area contributed by atoms with Crippen LogP contribution in [0, 0.1) is 11.8 Å². The molecule has 1 aromatic heterocycles. The molecule has 1 atom stereocenters. The van der Waals surface area contributed by atoms with E-state index in [4.69, 9.17) is 4.74 Å². The zero-order valence-corrected chi connectivity index (χ0v) is 17.7. The van der Waals surface area contributed by atoms with Crippen LogP contribution in [0.2, 0.25) is 0 Å². The lowest BCUT2D eigenvalue weighted by Crippen LogP contribution is -2.33. The zero-order valence-electron chi connectivity index (χ0n) is 16.1. The van der Waals surface area contributed by atoms with E-state index in [9.17, 15) is 4.79 Å². The van der Waals surface area contributed by atoms with Crippen molar-refractivity contribution in [1.29, 1.82) is 0 Å². The molecule has 1 aliphatic rings. The number of carbonyl (C=O) groups excluding carboxylic acids is 1. The third-order valence-electron chi connectivity index (χ3n) is 4.95. The summed E-state index contributed by atoms with van der Waals surface area (Å²) in [5.74, 6) is 2.49. The average Bonchev–Trinajstić information content (AvgIpc) is 2.69. The third kappa shape index (κ3) is 7.66. The summed E-state index contributed by atoms with van der Waals surface area (Å²) in [6.07, 6.45) is 4.67.